The van der Waals surface area contributed by atoms with E-state index in [0.29, 0.717) is 11.6 Å². The van der Waals surface area contributed by atoms with E-state index in [4.69, 9.17) is 21.1 Å². The Labute approximate surface area is 89.4 Å². The highest BCUT2D eigenvalue weighted by molar-refractivity contribution is 6.30. The first-order chi connectivity index (χ1) is 6.49. The third-order valence-electron chi connectivity index (χ3n) is 1.48. The lowest BCUT2D eigenvalue weighted by Crippen LogP contribution is -2.26. The number of amides is 1. The monoisotopic (exact) mass is 221 g/mol. The highest BCUT2D eigenvalue weighted by Gasteiger charge is 2.13. The van der Waals surface area contributed by atoms with Crippen molar-refractivity contribution in [2.75, 3.05) is 27.8 Å². The Hall–Kier alpha value is -0.740. The first-order valence-corrected chi connectivity index (χ1v) is 4.59. The molecule has 0 bridgehead atoms. The van der Waals surface area contributed by atoms with Crippen molar-refractivity contribution < 1.29 is 14.3 Å². The van der Waals surface area contributed by atoms with Crippen molar-refractivity contribution in [2.45, 2.75) is 13.0 Å². The van der Waals surface area contributed by atoms with E-state index >= 15 is 0 Å². The lowest BCUT2D eigenvalue weighted by atomic mass is 10.3. The van der Waals surface area contributed by atoms with Crippen molar-refractivity contribution in [3.05, 3.63) is 11.1 Å². The van der Waals surface area contributed by atoms with Gasteiger partial charge in [-0.15, -0.1) is 0 Å². The fraction of sp³-hybridized carbons (Fsp3) is 0.667. The highest BCUT2D eigenvalue weighted by Crippen LogP contribution is 2.11. The van der Waals surface area contributed by atoms with E-state index in [-0.39, 0.29) is 0 Å². The molecule has 0 aromatic heterocycles. The minimum atomic E-state index is -0.443. The van der Waals surface area contributed by atoms with Crippen LogP contribution in [0.2, 0.25) is 0 Å². The largest absolute Gasteiger partial charge is 0.441 e. The van der Waals surface area contributed by atoms with Gasteiger partial charge in [0, 0.05) is 21.2 Å². The fourth-order valence-corrected chi connectivity index (χ4v) is 0.749. The summed E-state index contributed by atoms with van der Waals surface area (Å²) >= 11 is 5.84. The third-order valence-corrected chi connectivity index (χ3v) is 1.94. The van der Waals surface area contributed by atoms with Gasteiger partial charge in [-0.05, 0) is 13.0 Å². The molecule has 0 heterocycles. The number of rotatable bonds is 4. The van der Waals surface area contributed by atoms with E-state index in [9.17, 15) is 4.79 Å². The third kappa shape index (κ3) is 5.09. The predicted octanol–water partition coefficient (Wildman–Crippen LogP) is 1.84. The summed E-state index contributed by atoms with van der Waals surface area (Å²) in [4.78, 5) is 12.5. The highest BCUT2D eigenvalue weighted by atomic mass is 35.5. The second-order valence-corrected chi connectivity index (χ2v) is 3.40. The number of carbonyl (C=O) groups excluding carboxylic acids is 1. The number of carbonyl (C=O) groups is 1. The molecular formula is C9H16ClNO3. The van der Waals surface area contributed by atoms with E-state index in [0.717, 1.165) is 0 Å². The summed E-state index contributed by atoms with van der Waals surface area (Å²) in [5.41, 5.74) is 0. The molecule has 1 atom stereocenters. The Morgan fingerprint density at radius 1 is 1.57 bits per heavy atom. The molecule has 0 aromatic rings. The molecule has 14 heavy (non-hydrogen) atoms. The zero-order chi connectivity index (χ0) is 11.1. The van der Waals surface area contributed by atoms with Gasteiger partial charge in [-0.2, -0.15) is 0 Å². The maximum Gasteiger partial charge on any atom is 0.409 e. The van der Waals surface area contributed by atoms with Crippen LogP contribution in [0.4, 0.5) is 4.79 Å². The molecule has 1 unspecified atom stereocenters. The summed E-state index contributed by atoms with van der Waals surface area (Å²) < 4.78 is 9.81. The maximum atomic E-state index is 11.1. The van der Waals surface area contributed by atoms with Crippen LogP contribution in [0.1, 0.15) is 6.92 Å². The van der Waals surface area contributed by atoms with Gasteiger partial charge in [0.25, 0.3) is 0 Å². The average Bonchev–Trinajstić information content (AvgIpc) is 2.13. The van der Waals surface area contributed by atoms with Crippen LogP contribution in [0, 0.1) is 0 Å². The minimum absolute atomic E-state index is 0.405. The Bertz CT molecular complexity index is 216. The van der Waals surface area contributed by atoms with Gasteiger partial charge >= 0.3 is 6.09 Å². The molecule has 82 valence electrons. The molecule has 0 saturated carbocycles. The summed E-state index contributed by atoms with van der Waals surface area (Å²) in [6.45, 7) is 2.11. The SMILES string of the molecule is COC/C=C(\Cl)C(C)OC(=O)N(C)C. The molecule has 0 aromatic carbocycles. The van der Waals surface area contributed by atoms with Crippen molar-refractivity contribution in [1.29, 1.82) is 0 Å². The van der Waals surface area contributed by atoms with Gasteiger partial charge in [0.1, 0.15) is 6.10 Å². The number of halogens is 1. The molecule has 0 aliphatic rings. The zero-order valence-electron chi connectivity index (χ0n) is 8.91. The molecule has 0 aliphatic heterocycles. The number of hydrogen-bond donors (Lipinski definition) is 0. The van der Waals surface area contributed by atoms with Crippen molar-refractivity contribution in [3.63, 3.8) is 0 Å². The van der Waals surface area contributed by atoms with Gasteiger partial charge in [-0.1, -0.05) is 11.6 Å². The first-order valence-electron chi connectivity index (χ1n) is 4.21. The Kier molecular flexibility index (Phi) is 6.32. The lowest BCUT2D eigenvalue weighted by molar-refractivity contribution is 0.0986. The molecular weight excluding hydrogens is 206 g/mol. The van der Waals surface area contributed by atoms with Crippen LogP contribution < -0.4 is 0 Å². The minimum Gasteiger partial charge on any atom is -0.441 e. The van der Waals surface area contributed by atoms with E-state index in [1.54, 1.807) is 34.2 Å². The quantitative estimate of drug-likeness (QED) is 0.727. The molecule has 4 nitrogen and oxygen atoms in total. The van der Waals surface area contributed by atoms with Gasteiger partial charge in [0.15, 0.2) is 0 Å². The summed E-state index contributed by atoms with van der Waals surface area (Å²) in [5.74, 6) is 0. The summed E-state index contributed by atoms with van der Waals surface area (Å²) in [6.07, 6.45) is 0.804. The zero-order valence-corrected chi connectivity index (χ0v) is 9.67. The van der Waals surface area contributed by atoms with Gasteiger partial charge in [0.05, 0.1) is 11.6 Å². The number of hydrogen-bond acceptors (Lipinski definition) is 3. The second kappa shape index (κ2) is 6.68. The summed E-state index contributed by atoms with van der Waals surface area (Å²) in [7, 11) is 4.79. The first kappa shape index (κ1) is 13.3. The van der Waals surface area contributed by atoms with E-state index < -0.39 is 12.2 Å². The van der Waals surface area contributed by atoms with Gasteiger partial charge in [-0.3, -0.25) is 0 Å². The normalized spacial score (nSPS) is 13.6. The average molecular weight is 222 g/mol. The maximum absolute atomic E-state index is 11.1. The molecule has 0 aliphatic carbocycles. The Morgan fingerprint density at radius 2 is 2.14 bits per heavy atom. The molecule has 0 rings (SSSR count). The van der Waals surface area contributed by atoms with Crippen LogP contribution >= 0.6 is 11.6 Å². The molecule has 0 radical (unpaired) electrons. The van der Waals surface area contributed by atoms with Crippen LogP contribution in [0.3, 0.4) is 0 Å². The Morgan fingerprint density at radius 3 is 2.57 bits per heavy atom. The predicted molar refractivity (Wildman–Crippen MR) is 55.4 cm³/mol. The lowest BCUT2D eigenvalue weighted by Gasteiger charge is -2.16. The van der Waals surface area contributed by atoms with Crippen molar-refractivity contribution in [3.8, 4) is 0 Å². The van der Waals surface area contributed by atoms with Crippen LogP contribution in [-0.2, 0) is 9.47 Å². The van der Waals surface area contributed by atoms with Crippen LogP contribution in [0.25, 0.3) is 0 Å². The van der Waals surface area contributed by atoms with E-state index in [1.807, 2.05) is 0 Å². The molecule has 0 saturated heterocycles. The second-order valence-electron chi connectivity index (χ2n) is 2.96. The van der Waals surface area contributed by atoms with Crippen LogP contribution in [0.5, 0.6) is 0 Å². The van der Waals surface area contributed by atoms with E-state index in [1.165, 1.54) is 4.90 Å². The smallest absolute Gasteiger partial charge is 0.409 e. The molecule has 0 N–H and O–H groups in total. The summed E-state index contributed by atoms with van der Waals surface area (Å²) in [5, 5.41) is 0.460. The van der Waals surface area contributed by atoms with E-state index in [2.05, 4.69) is 0 Å². The number of ether oxygens (including phenoxy) is 2. The van der Waals surface area contributed by atoms with Gasteiger partial charge in [-0.25, -0.2) is 4.79 Å². The topological polar surface area (TPSA) is 38.8 Å². The number of nitrogens with zero attached hydrogens (tertiary/aromatic N) is 1. The van der Waals surface area contributed by atoms with Crippen molar-refractivity contribution >= 4 is 17.7 Å². The van der Waals surface area contributed by atoms with Gasteiger partial charge in [0.2, 0.25) is 0 Å². The standard InChI is InChI=1S/C9H16ClNO3/c1-7(8(10)5-6-13-4)14-9(12)11(2)3/h5,7H,6H2,1-4H3/b8-5-. The van der Waals surface area contributed by atoms with Gasteiger partial charge < -0.3 is 14.4 Å². The molecule has 1 amide bonds. The van der Waals surface area contributed by atoms with Crippen molar-refractivity contribution in [2.24, 2.45) is 0 Å². The Balaban J connectivity index is 4.07. The molecule has 0 spiro atoms. The summed E-state index contributed by atoms with van der Waals surface area (Å²) in [6, 6.07) is 0. The van der Waals surface area contributed by atoms with Crippen molar-refractivity contribution in [1.82, 2.24) is 4.90 Å². The molecule has 5 heteroatoms. The fourth-order valence-electron chi connectivity index (χ4n) is 0.642. The van der Waals surface area contributed by atoms with Crippen LogP contribution in [-0.4, -0.2) is 44.9 Å². The number of methoxy groups -OCH3 is 1. The van der Waals surface area contributed by atoms with Crippen LogP contribution in [0.15, 0.2) is 11.1 Å². The molecule has 0 fully saturated rings.